The number of nitrogens with zero attached hydrogens (tertiary/aromatic N) is 2. The van der Waals surface area contributed by atoms with Gasteiger partial charge in [-0.2, -0.15) is 0 Å². The fourth-order valence-electron chi connectivity index (χ4n) is 7.02. The molecule has 0 bridgehead atoms. The molecule has 4 atom stereocenters. The van der Waals surface area contributed by atoms with Crippen LogP contribution in [0.2, 0.25) is 0 Å². The van der Waals surface area contributed by atoms with Gasteiger partial charge in [-0.25, -0.2) is 9.59 Å². The van der Waals surface area contributed by atoms with Crippen LogP contribution in [-0.4, -0.2) is 56.7 Å². The van der Waals surface area contributed by atoms with E-state index in [9.17, 15) is 24.6 Å². The van der Waals surface area contributed by atoms with Crippen LogP contribution in [0.3, 0.4) is 0 Å². The van der Waals surface area contributed by atoms with Crippen molar-refractivity contribution in [1.82, 2.24) is 20.5 Å². The number of phenolic OH excluding ortho intramolecular Hbond substituents is 1. The molecule has 54 heavy (non-hydrogen) atoms. The summed E-state index contributed by atoms with van der Waals surface area (Å²) in [4.78, 5) is 46.5. The molecule has 2 aliphatic heterocycles. The van der Waals surface area contributed by atoms with Gasteiger partial charge < -0.3 is 35.2 Å². The number of nitrogens with one attached hydrogen (secondary N) is 2. The molecule has 0 fully saturated rings. The predicted molar refractivity (Wildman–Crippen MR) is 202 cm³/mol. The van der Waals surface area contributed by atoms with E-state index in [0.717, 1.165) is 50.2 Å². The van der Waals surface area contributed by atoms with E-state index in [1.807, 2.05) is 93.6 Å². The van der Waals surface area contributed by atoms with Crippen molar-refractivity contribution in [1.29, 1.82) is 0 Å². The normalized spacial score (nSPS) is 17.1. The number of carbonyl (C=O) groups excluding carboxylic acids is 2. The monoisotopic (exact) mass is 726 g/mol. The molecule has 3 amide bonds. The van der Waals surface area contributed by atoms with Crippen molar-refractivity contribution in [2.45, 2.75) is 64.4 Å². The second kappa shape index (κ2) is 15.3. The minimum atomic E-state index is -1.24. The smallest absolute Gasteiger partial charge is 0.326 e. The molecule has 0 spiro atoms. The summed E-state index contributed by atoms with van der Waals surface area (Å²) in [6.45, 7) is 6.16. The number of amides is 3. The largest absolute Gasteiger partial charge is 0.508 e. The number of pyridine rings is 1. The standard InChI is InChI=1S/C43H42N4O7/c1-25-26(2)44-18-17-35(25)30-11-9-28(10-12-30)19-36(42(50)51)46-41(49)37-20-32-21-38-39(54-40(24-53-38)31-13-15-34(48)16-14-31)22-33(32)23-47(37)43(52)45-27(3)29-7-5-4-6-8-29/h4-18,21-22,27,36-37,40,48H,19-20,23-24H2,1-3H3,(H,45,52)(H,46,49)(H,50,51)/t27-,36+,37+,40-/m1/s1. The third-order valence-electron chi connectivity index (χ3n) is 10.3. The van der Waals surface area contributed by atoms with Gasteiger partial charge in [0, 0.05) is 31.3 Å². The zero-order valence-electron chi connectivity index (χ0n) is 30.3. The Morgan fingerprint density at radius 1 is 0.907 bits per heavy atom. The van der Waals surface area contributed by atoms with E-state index in [0.29, 0.717) is 11.5 Å². The first kappa shape index (κ1) is 36.0. The number of hydrogen-bond donors (Lipinski definition) is 4. The number of aryl methyl sites for hydroxylation is 1. The molecule has 3 heterocycles. The summed E-state index contributed by atoms with van der Waals surface area (Å²) in [5.74, 6) is -0.579. The molecule has 276 valence electrons. The van der Waals surface area contributed by atoms with Crippen LogP contribution < -0.4 is 20.1 Å². The highest BCUT2D eigenvalue weighted by atomic mass is 16.6. The molecule has 0 saturated heterocycles. The van der Waals surface area contributed by atoms with Crippen molar-refractivity contribution in [3.63, 3.8) is 0 Å². The highest BCUT2D eigenvalue weighted by molar-refractivity contribution is 5.91. The molecule has 5 aromatic rings. The highest BCUT2D eigenvalue weighted by Gasteiger charge is 2.38. The molecule has 0 radical (unpaired) electrons. The van der Waals surface area contributed by atoms with Crippen molar-refractivity contribution in [2.75, 3.05) is 6.61 Å². The molecule has 0 aliphatic carbocycles. The van der Waals surface area contributed by atoms with Gasteiger partial charge in [-0.3, -0.25) is 9.78 Å². The van der Waals surface area contributed by atoms with Gasteiger partial charge in [-0.1, -0.05) is 66.7 Å². The number of carboxylic acid groups (broad SMARTS) is 1. The third-order valence-corrected chi connectivity index (χ3v) is 10.3. The molecule has 0 unspecified atom stereocenters. The van der Waals surface area contributed by atoms with Gasteiger partial charge in [0.1, 0.15) is 24.4 Å². The number of fused-ring (bicyclic) bond motifs is 2. The lowest BCUT2D eigenvalue weighted by atomic mass is 9.92. The van der Waals surface area contributed by atoms with Gasteiger partial charge in [0.2, 0.25) is 5.91 Å². The number of rotatable bonds is 9. The van der Waals surface area contributed by atoms with E-state index in [1.165, 1.54) is 4.90 Å². The maximum absolute atomic E-state index is 14.1. The van der Waals surface area contributed by atoms with Crippen LogP contribution in [0, 0.1) is 13.8 Å². The molecule has 7 rings (SSSR count). The summed E-state index contributed by atoms with van der Waals surface area (Å²) in [5, 5.41) is 25.8. The molecule has 1 aromatic heterocycles. The number of carboxylic acids is 1. The number of benzene rings is 4. The number of carbonyl (C=O) groups is 3. The molecule has 0 saturated carbocycles. The number of aromatic nitrogens is 1. The summed E-state index contributed by atoms with van der Waals surface area (Å²) in [6, 6.07) is 26.4. The van der Waals surface area contributed by atoms with Crippen LogP contribution in [0.1, 0.15) is 58.1 Å². The first-order chi connectivity index (χ1) is 26.0. The van der Waals surface area contributed by atoms with E-state index < -0.39 is 36.1 Å². The first-order valence-corrected chi connectivity index (χ1v) is 17.9. The first-order valence-electron chi connectivity index (χ1n) is 17.9. The lowest BCUT2D eigenvalue weighted by Gasteiger charge is -2.38. The van der Waals surface area contributed by atoms with Gasteiger partial charge in [0.15, 0.2) is 17.6 Å². The molecule has 11 heteroatoms. The molecule has 11 nitrogen and oxygen atoms in total. The average Bonchev–Trinajstić information content (AvgIpc) is 3.18. The number of hydrogen-bond acceptors (Lipinski definition) is 7. The summed E-state index contributed by atoms with van der Waals surface area (Å²) < 4.78 is 12.4. The zero-order chi connectivity index (χ0) is 37.9. The van der Waals surface area contributed by atoms with Gasteiger partial charge in [-0.05, 0) is 95.6 Å². The summed E-state index contributed by atoms with van der Waals surface area (Å²) in [6.07, 6.45) is 1.55. The Hall–Kier alpha value is -6.36. The fraction of sp³-hybridized carbons (Fsp3) is 0.256. The maximum atomic E-state index is 14.1. The summed E-state index contributed by atoms with van der Waals surface area (Å²) in [5.41, 5.74) is 8.09. The SMILES string of the molecule is Cc1nccc(-c2ccc(C[C@H](NC(=O)[C@@H]3Cc4cc5c(cc4CN3C(=O)N[C@H](C)c3ccccc3)O[C@@H](c3ccc(O)cc3)CO5)C(=O)O)cc2)c1C. The van der Waals surface area contributed by atoms with Gasteiger partial charge in [0.25, 0.3) is 0 Å². The van der Waals surface area contributed by atoms with Crippen LogP contribution in [0.4, 0.5) is 4.79 Å². The Balaban J connectivity index is 1.12. The van der Waals surface area contributed by atoms with E-state index in [1.54, 1.807) is 30.5 Å². The van der Waals surface area contributed by atoms with Crippen LogP contribution >= 0.6 is 0 Å². The maximum Gasteiger partial charge on any atom is 0.326 e. The molecule has 2 aliphatic rings. The molecule has 4 N–H and O–H groups in total. The van der Waals surface area contributed by atoms with Crippen molar-refractivity contribution < 1.29 is 34.1 Å². The Kier molecular flexibility index (Phi) is 10.2. The second-order valence-electron chi connectivity index (χ2n) is 13.9. The average molecular weight is 727 g/mol. The van der Waals surface area contributed by atoms with Crippen molar-refractivity contribution in [3.05, 3.63) is 142 Å². The zero-order valence-corrected chi connectivity index (χ0v) is 30.3. The Bertz CT molecular complexity index is 2170. The number of aliphatic carboxylic acids is 1. The van der Waals surface area contributed by atoms with Crippen LogP contribution in [0.25, 0.3) is 11.1 Å². The predicted octanol–water partition coefficient (Wildman–Crippen LogP) is 6.59. The Morgan fingerprint density at radius 3 is 2.35 bits per heavy atom. The van der Waals surface area contributed by atoms with Crippen molar-refractivity contribution in [2.24, 2.45) is 0 Å². The van der Waals surface area contributed by atoms with Crippen molar-refractivity contribution >= 4 is 17.9 Å². The van der Waals surface area contributed by atoms with Gasteiger partial charge in [-0.15, -0.1) is 0 Å². The van der Waals surface area contributed by atoms with Crippen molar-refractivity contribution in [3.8, 4) is 28.4 Å². The van der Waals surface area contributed by atoms with Crippen LogP contribution in [0.5, 0.6) is 17.2 Å². The van der Waals surface area contributed by atoms with Gasteiger partial charge >= 0.3 is 12.0 Å². The van der Waals surface area contributed by atoms with E-state index in [-0.39, 0.29) is 37.8 Å². The minimum Gasteiger partial charge on any atom is -0.508 e. The number of ether oxygens (including phenoxy) is 2. The van der Waals surface area contributed by atoms with Gasteiger partial charge in [0.05, 0.1) is 6.04 Å². The summed E-state index contributed by atoms with van der Waals surface area (Å²) in [7, 11) is 0. The molecular weight excluding hydrogens is 684 g/mol. The fourth-order valence-corrected chi connectivity index (χ4v) is 7.02. The van der Waals surface area contributed by atoms with E-state index >= 15 is 0 Å². The Labute approximate surface area is 313 Å². The topological polar surface area (TPSA) is 150 Å². The van der Waals surface area contributed by atoms with Crippen LogP contribution in [0.15, 0.2) is 103 Å². The third kappa shape index (κ3) is 7.71. The second-order valence-corrected chi connectivity index (χ2v) is 13.9. The van der Waals surface area contributed by atoms with E-state index in [2.05, 4.69) is 15.6 Å². The number of phenols is 1. The van der Waals surface area contributed by atoms with Crippen LogP contribution in [-0.2, 0) is 29.0 Å². The molecular formula is C43H42N4O7. The highest BCUT2D eigenvalue weighted by Crippen LogP contribution is 2.41. The Morgan fingerprint density at radius 2 is 1.63 bits per heavy atom. The lowest BCUT2D eigenvalue weighted by Crippen LogP contribution is -2.57. The number of urea groups is 1. The minimum absolute atomic E-state index is 0.0527. The van der Waals surface area contributed by atoms with E-state index in [4.69, 9.17) is 9.47 Å². The quantitative estimate of drug-likeness (QED) is 0.133. The summed E-state index contributed by atoms with van der Waals surface area (Å²) >= 11 is 0. The number of aromatic hydroxyl groups is 1. The molecule has 4 aromatic carbocycles. The lowest BCUT2D eigenvalue weighted by molar-refractivity contribution is -0.142.